The summed E-state index contributed by atoms with van der Waals surface area (Å²) >= 11 is 0. The van der Waals surface area contributed by atoms with Gasteiger partial charge in [-0.2, -0.15) is 5.10 Å². The van der Waals surface area contributed by atoms with Crippen molar-refractivity contribution in [2.75, 3.05) is 6.61 Å². The van der Waals surface area contributed by atoms with Crippen molar-refractivity contribution in [2.45, 2.75) is 77.0 Å². The summed E-state index contributed by atoms with van der Waals surface area (Å²) in [6, 6.07) is 0.622. The van der Waals surface area contributed by atoms with Gasteiger partial charge in [0.2, 0.25) is 5.91 Å². The van der Waals surface area contributed by atoms with Gasteiger partial charge in [0.05, 0.1) is 12.3 Å². The van der Waals surface area contributed by atoms with Crippen molar-refractivity contribution in [1.29, 1.82) is 0 Å². The molecule has 1 aliphatic carbocycles. The standard InChI is InChI=1S/C17H27N3O2/c1-12(2)20-16-10-14(6-5-13(16)11-18-20)19-17(21)8-7-15-4-3-9-22-15/h11-12,14-15H,3-10H2,1-2H3,(H,19,21). The van der Waals surface area contributed by atoms with Gasteiger partial charge >= 0.3 is 0 Å². The lowest BCUT2D eigenvalue weighted by atomic mass is 9.93. The number of ether oxygens (including phenoxy) is 1. The molecule has 2 atom stereocenters. The topological polar surface area (TPSA) is 56.2 Å². The molecule has 22 heavy (non-hydrogen) atoms. The molecule has 0 radical (unpaired) electrons. The fraction of sp³-hybridized carbons (Fsp3) is 0.765. The maximum absolute atomic E-state index is 12.1. The minimum absolute atomic E-state index is 0.166. The van der Waals surface area contributed by atoms with Crippen LogP contribution >= 0.6 is 0 Å². The van der Waals surface area contributed by atoms with Crippen molar-refractivity contribution in [2.24, 2.45) is 0 Å². The van der Waals surface area contributed by atoms with Crippen LogP contribution in [-0.4, -0.2) is 34.4 Å². The van der Waals surface area contributed by atoms with E-state index in [4.69, 9.17) is 4.74 Å². The molecular weight excluding hydrogens is 278 g/mol. The summed E-state index contributed by atoms with van der Waals surface area (Å²) in [5, 5.41) is 7.69. The van der Waals surface area contributed by atoms with Gasteiger partial charge in [-0.3, -0.25) is 9.48 Å². The van der Waals surface area contributed by atoms with Crippen LogP contribution < -0.4 is 5.32 Å². The summed E-state index contributed by atoms with van der Waals surface area (Å²) in [5.41, 5.74) is 2.64. The maximum atomic E-state index is 12.1. The van der Waals surface area contributed by atoms with Crippen LogP contribution in [0.5, 0.6) is 0 Å². The van der Waals surface area contributed by atoms with E-state index in [2.05, 4.69) is 28.9 Å². The van der Waals surface area contributed by atoms with Crippen LogP contribution in [0.4, 0.5) is 0 Å². The second-order valence-electron chi connectivity index (χ2n) is 6.84. The first-order valence-corrected chi connectivity index (χ1v) is 8.59. The number of amides is 1. The molecule has 0 bridgehead atoms. The molecule has 1 aromatic heterocycles. The molecule has 5 nitrogen and oxygen atoms in total. The highest BCUT2D eigenvalue weighted by Gasteiger charge is 2.25. The lowest BCUT2D eigenvalue weighted by Crippen LogP contribution is -2.39. The third-order valence-electron chi connectivity index (χ3n) is 4.76. The van der Waals surface area contributed by atoms with E-state index in [1.54, 1.807) is 0 Å². The number of nitrogens with one attached hydrogen (secondary N) is 1. The molecule has 1 fully saturated rings. The number of nitrogens with zero attached hydrogens (tertiary/aromatic N) is 2. The van der Waals surface area contributed by atoms with Crippen molar-refractivity contribution >= 4 is 5.91 Å². The van der Waals surface area contributed by atoms with Gasteiger partial charge in [-0.25, -0.2) is 0 Å². The van der Waals surface area contributed by atoms with Crippen molar-refractivity contribution < 1.29 is 9.53 Å². The molecule has 3 rings (SSSR count). The first-order chi connectivity index (χ1) is 10.6. The van der Waals surface area contributed by atoms with Crippen molar-refractivity contribution in [3.63, 3.8) is 0 Å². The molecule has 122 valence electrons. The molecule has 1 aliphatic heterocycles. The zero-order chi connectivity index (χ0) is 15.5. The normalized spacial score (nSPS) is 24.5. The smallest absolute Gasteiger partial charge is 0.220 e. The van der Waals surface area contributed by atoms with Gasteiger partial charge in [-0.05, 0) is 51.5 Å². The zero-order valence-electron chi connectivity index (χ0n) is 13.7. The summed E-state index contributed by atoms with van der Waals surface area (Å²) < 4.78 is 7.68. The molecule has 1 amide bonds. The SMILES string of the molecule is CC(C)n1ncc2c1CC(NC(=O)CCC1CCCO1)CC2. The minimum Gasteiger partial charge on any atom is -0.378 e. The summed E-state index contributed by atoms with van der Waals surface area (Å²) in [7, 11) is 0. The summed E-state index contributed by atoms with van der Waals surface area (Å²) in [5.74, 6) is 0.166. The Balaban J connectivity index is 1.51. The number of hydrogen-bond donors (Lipinski definition) is 1. The van der Waals surface area contributed by atoms with Gasteiger partial charge in [-0.15, -0.1) is 0 Å². The van der Waals surface area contributed by atoms with E-state index in [1.807, 2.05) is 6.20 Å². The first kappa shape index (κ1) is 15.5. The average Bonchev–Trinajstić information content (AvgIpc) is 3.14. The summed E-state index contributed by atoms with van der Waals surface area (Å²) in [6.45, 7) is 5.16. The van der Waals surface area contributed by atoms with E-state index >= 15 is 0 Å². The van der Waals surface area contributed by atoms with Gasteiger partial charge in [0.25, 0.3) is 0 Å². The predicted octanol–water partition coefficient (Wildman–Crippen LogP) is 2.40. The highest BCUT2D eigenvalue weighted by Crippen LogP contribution is 2.24. The highest BCUT2D eigenvalue weighted by molar-refractivity contribution is 5.76. The molecule has 2 aliphatic rings. The molecule has 2 unspecified atom stereocenters. The number of hydrogen-bond acceptors (Lipinski definition) is 3. The third kappa shape index (κ3) is 3.51. The second-order valence-corrected chi connectivity index (χ2v) is 6.84. The monoisotopic (exact) mass is 305 g/mol. The van der Waals surface area contributed by atoms with E-state index in [9.17, 15) is 4.79 Å². The average molecular weight is 305 g/mol. The molecule has 1 aromatic rings. The van der Waals surface area contributed by atoms with E-state index < -0.39 is 0 Å². The van der Waals surface area contributed by atoms with Crippen LogP contribution in [0, 0.1) is 0 Å². The van der Waals surface area contributed by atoms with Crippen LogP contribution in [0.15, 0.2) is 6.20 Å². The number of fused-ring (bicyclic) bond motifs is 1. The largest absolute Gasteiger partial charge is 0.378 e. The van der Waals surface area contributed by atoms with Crippen LogP contribution in [0.1, 0.15) is 63.3 Å². The molecule has 5 heteroatoms. The van der Waals surface area contributed by atoms with Crippen molar-refractivity contribution in [3.05, 3.63) is 17.5 Å². The Morgan fingerprint density at radius 1 is 1.50 bits per heavy atom. The van der Waals surface area contributed by atoms with Crippen LogP contribution in [-0.2, 0) is 22.4 Å². The zero-order valence-corrected chi connectivity index (χ0v) is 13.7. The Morgan fingerprint density at radius 3 is 3.09 bits per heavy atom. The lowest BCUT2D eigenvalue weighted by Gasteiger charge is -2.25. The van der Waals surface area contributed by atoms with E-state index in [1.165, 1.54) is 11.3 Å². The molecule has 0 saturated carbocycles. The molecule has 0 aromatic carbocycles. The molecular formula is C17H27N3O2. The summed E-state index contributed by atoms with van der Waals surface area (Å²) in [6.07, 6.45) is 8.90. The Morgan fingerprint density at radius 2 is 2.36 bits per heavy atom. The van der Waals surface area contributed by atoms with E-state index in [0.29, 0.717) is 18.6 Å². The number of carbonyl (C=O) groups excluding carboxylic acids is 1. The highest BCUT2D eigenvalue weighted by atomic mass is 16.5. The van der Waals surface area contributed by atoms with Crippen LogP contribution in [0.3, 0.4) is 0 Å². The van der Waals surface area contributed by atoms with Crippen LogP contribution in [0.25, 0.3) is 0 Å². The fourth-order valence-corrected chi connectivity index (χ4v) is 3.55. The fourth-order valence-electron chi connectivity index (χ4n) is 3.55. The summed E-state index contributed by atoms with van der Waals surface area (Å²) in [4.78, 5) is 12.1. The van der Waals surface area contributed by atoms with Gasteiger partial charge in [0, 0.05) is 37.2 Å². The number of carbonyl (C=O) groups is 1. The quantitative estimate of drug-likeness (QED) is 0.909. The van der Waals surface area contributed by atoms with Gasteiger partial charge in [0.1, 0.15) is 0 Å². The third-order valence-corrected chi connectivity index (χ3v) is 4.76. The molecule has 1 N–H and O–H groups in total. The molecule has 2 heterocycles. The number of rotatable bonds is 5. The Bertz CT molecular complexity index is 518. The lowest BCUT2D eigenvalue weighted by molar-refractivity contribution is -0.122. The van der Waals surface area contributed by atoms with E-state index in [0.717, 1.165) is 45.1 Å². The second kappa shape index (κ2) is 6.82. The molecule has 0 spiro atoms. The van der Waals surface area contributed by atoms with Crippen molar-refractivity contribution in [1.82, 2.24) is 15.1 Å². The molecule has 1 saturated heterocycles. The van der Waals surface area contributed by atoms with Crippen molar-refractivity contribution in [3.8, 4) is 0 Å². The Hall–Kier alpha value is -1.36. The predicted molar refractivity (Wildman–Crippen MR) is 84.8 cm³/mol. The number of aromatic nitrogens is 2. The van der Waals surface area contributed by atoms with E-state index in [-0.39, 0.29) is 11.9 Å². The maximum Gasteiger partial charge on any atom is 0.220 e. The Labute approximate surface area is 132 Å². The minimum atomic E-state index is 0.166. The van der Waals surface area contributed by atoms with Gasteiger partial charge < -0.3 is 10.1 Å². The van der Waals surface area contributed by atoms with Crippen LogP contribution in [0.2, 0.25) is 0 Å². The Kier molecular flexibility index (Phi) is 4.81. The van der Waals surface area contributed by atoms with Gasteiger partial charge in [-0.1, -0.05) is 0 Å². The van der Waals surface area contributed by atoms with Gasteiger partial charge in [0.15, 0.2) is 0 Å². The first-order valence-electron chi connectivity index (χ1n) is 8.59. The number of aryl methyl sites for hydroxylation is 1.